The van der Waals surface area contributed by atoms with Crippen molar-refractivity contribution in [2.24, 2.45) is 5.92 Å². The molecular weight excluding hydrogens is 232 g/mol. The fourth-order valence-electron chi connectivity index (χ4n) is 2.69. The summed E-state index contributed by atoms with van der Waals surface area (Å²) in [6, 6.07) is 3.72. The Bertz CT molecular complexity index is 607. The molecule has 0 bridgehead atoms. The molecule has 0 aromatic carbocycles. The van der Waals surface area contributed by atoms with Gasteiger partial charge in [0.25, 0.3) is 0 Å². The van der Waals surface area contributed by atoms with E-state index in [2.05, 4.69) is 15.3 Å². The van der Waals surface area contributed by atoms with Crippen molar-refractivity contribution in [1.29, 1.82) is 0 Å². The molecule has 1 saturated carbocycles. The van der Waals surface area contributed by atoms with Crippen molar-refractivity contribution >= 4 is 11.6 Å². The normalized spacial score (nSPS) is 23.6. The fraction of sp³-hybridized carbons (Fsp3) is 0.500. The van der Waals surface area contributed by atoms with Crippen LogP contribution in [-0.4, -0.2) is 30.9 Å². The Kier molecular flexibility index (Phi) is 2.50. The molecule has 0 spiro atoms. The fourth-order valence-corrected chi connectivity index (χ4v) is 2.69. The van der Waals surface area contributed by atoms with Gasteiger partial charge in [0.2, 0.25) is 0 Å². The van der Waals surface area contributed by atoms with Gasteiger partial charge in [-0.25, -0.2) is 0 Å². The third-order valence-electron chi connectivity index (χ3n) is 3.59. The molecule has 0 radical (unpaired) electrons. The van der Waals surface area contributed by atoms with Crippen molar-refractivity contribution in [2.45, 2.75) is 32.1 Å². The Morgan fingerprint density at radius 2 is 2.22 bits per heavy atom. The molecule has 2 unspecified atom stereocenters. The quantitative estimate of drug-likeness (QED) is 0.866. The summed E-state index contributed by atoms with van der Waals surface area (Å²) in [5, 5.41) is 21.8. The van der Waals surface area contributed by atoms with E-state index < -0.39 is 5.97 Å². The second-order valence-corrected chi connectivity index (χ2v) is 4.79. The molecule has 1 fully saturated rings. The molecule has 2 heterocycles. The molecule has 94 valence electrons. The predicted molar refractivity (Wildman–Crippen MR) is 63.2 cm³/mol. The van der Waals surface area contributed by atoms with Crippen LogP contribution in [0.5, 0.6) is 0 Å². The number of carbonyl (C=O) groups is 1. The summed E-state index contributed by atoms with van der Waals surface area (Å²) in [6.45, 7) is 1.90. The summed E-state index contributed by atoms with van der Waals surface area (Å²) in [4.78, 5) is 11.2. The van der Waals surface area contributed by atoms with Crippen LogP contribution in [0.1, 0.15) is 36.7 Å². The van der Waals surface area contributed by atoms with Crippen molar-refractivity contribution in [3.05, 3.63) is 23.7 Å². The highest BCUT2D eigenvalue weighted by molar-refractivity contribution is 5.71. The van der Waals surface area contributed by atoms with E-state index in [1.807, 2.05) is 19.1 Å². The summed E-state index contributed by atoms with van der Waals surface area (Å²) in [7, 11) is 0. The van der Waals surface area contributed by atoms with Gasteiger partial charge in [0.05, 0.1) is 11.6 Å². The molecule has 2 atom stereocenters. The van der Waals surface area contributed by atoms with Gasteiger partial charge in [-0.15, -0.1) is 10.2 Å². The molecule has 0 amide bonds. The average molecular weight is 246 g/mol. The third kappa shape index (κ3) is 1.64. The van der Waals surface area contributed by atoms with Crippen LogP contribution in [0, 0.1) is 12.8 Å². The number of nitrogens with zero attached hydrogens (tertiary/aromatic N) is 4. The van der Waals surface area contributed by atoms with Crippen LogP contribution in [-0.2, 0) is 4.79 Å². The second-order valence-electron chi connectivity index (χ2n) is 4.79. The van der Waals surface area contributed by atoms with Crippen LogP contribution >= 0.6 is 0 Å². The maximum absolute atomic E-state index is 11.2. The van der Waals surface area contributed by atoms with Crippen molar-refractivity contribution in [2.75, 3.05) is 0 Å². The van der Waals surface area contributed by atoms with E-state index in [0.29, 0.717) is 17.9 Å². The van der Waals surface area contributed by atoms with E-state index in [0.717, 1.165) is 18.5 Å². The van der Waals surface area contributed by atoms with Crippen LogP contribution in [0.3, 0.4) is 0 Å². The topological polar surface area (TPSA) is 80.4 Å². The lowest BCUT2D eigenvalue weighted by atomic mass is 9.95. The molecule has 0 saturated heterocycles. The van der Waals surface area contributed by atoms with E-state index in [1.54, 1.807) is 4.52 Å². The number of aliphatic carboxylic acids is 1. The first-order valence-corrected chi connectivity index (χ1v) is 6.08. The van der Waals surface area contributed by atoms with Gasteiger partial charge in [-0.2, -0.15) is 9.61 Å². The molecule has 6 heteroatoms. The van der Waals surface area contributed by atoms with Crippen LogP contribution in [0.2, 0.25) is 0 Å². The summed E-state index contributed by atoms with van der Waals surface area (Å²) in [6.07, 6.45) is 2.47. The molecule has 1 aliphatic rings. The minimum atomic E-state index is -0.748. The number of aryl methyl sites for hydroxylation is 1. The Hall–Kier alpha value is -1.98. The van der Waals surface area contributed by atoms with Crippen LogP contribution < -0.4 is 0 Å². The molecule has 0 aliphatic heterocycles. The summed E-state index contributed by atoms with van der Waals surface area (Å²) < 4.78 is 1.68. The number of hydrogen-bond donors (Lipinski definition) is 1. The van der Waals surface area contributed by atoms with Gasteiger partial charge >= 0.3 is 5.97 Å². The minimum Gasteiger partial charge on any atom is -0.481 e. The van der Waals surface area contributed by atoms with Crippen molar-refractivity contribution in [1.82, 2.24) is 19.8 Å². The van der Waals surface area contributed by atoms with E-state index in [4.69, 9.17) is 0 Å². The third-order valence-corrected chi connectivity index (χ3v) is 3.59. The first-order chi connectivity index (χ1) is 8.66. The average Bonchev–Trinajstić information content (AvgIpc) is 2.92. The van der Waals surface area contributed by atoms with E-state index in [9.17, 15) is 9.90 Å². The first-order valence-electron chi connectivity index (χ1n) is 6.08. The maximum Gasteiger partial charge on any atom is 0.307 e. The highest BCUT2D eigenvalue weighted by Crippen LogP contribution is 2.38. The maximum atomic E-state index is 11.2. The van der Waals surface area contributed by atoms with Gasteiger partial charge in [0.15, 0.2) is 11.5 Å². The van der Waals surface area contributed by atoms with Gasteiger partial charge in [0, 0.05) is 5.92 Å². The Morgan fingerprint density at radius 3 is 3.00 bits per heavy atom. The molecular formula is C12H14N4O2. The Morgan fingerprint density at radius 1 is 1.39 bits per heavy atom. The number of hydrogen-bond acceptors (Lipinski definition) is 4. The number of carboxylic acid groups (broad SMARTS) is 1. The van der Waals surface area contributed by atoms with E-state index in [1.165, 1.54) is 0 Å². The number of fused-ring (bicyclic) bond motifs is 1. The number of aromatic nitrogens is 4. The molecule has 1 aliphatic carbocycles. The number of rotatable bonds is 2. The molecule has 3 rings (SSSR count). The second kappa shape index (κ2) is 4.04. The van der Waals surface area contributed by atoms with E-state index in [-0.39, 0.29) is 11.8 Å². The minimum absolute atomic E-state index is 0.0770. The lowest BCUT2D eigenvalue weighted by Gasteiger charge is -2.13. The lowest BCUT2D eigenvalue weighted by molar-refractivity contribution is -0.142. The van der Waals surface area contributed by atoms with Crippen molar-refractivity contribution in [3.8, 4) is 0 Å². The summed E-state index contributed by atoms with van der Waals surface area (Å²) in [5.74, 6) is -0.507. The van der Waals surface area contributed by atoms with Gasteiger partial charge in [-0.3, -0.25) is 4.79 Å². The standard InChI is InChI=1S/C12H14N4O2/c1-7-5-6-10-13-14-11(16(10)15-7)8-3-2-4-9(8)12(17)18/h5-6,8-9H,2-4H2,1H3,(H,17,18). The molecule has 6 nitrogen and oxygen atoms in total. The zero-order valence-corrected chi connectivity index (χ0v) is 10.1. The zero-order chi connectivity index (χ0) is 12.7. The van der Waals surface area contributed by atoms with Gasteiger partial charge in [-0.05, 0) is 31.9 Å². The molecule has 2 aromatic rings. The Balaban J connectivity index is 2.08. The van der Waals surface area contributed by atoms with Gasteiger partial charge < -0.3 is 5.11 Å². The largest absolute Gasteiger partial charge is 0.481 e. The van der Waals surface area contributed by atoms with Gasteiger partial charge in [0.1, 0.15) is 0 Å². The molecule has 2 aromatic heterocycles. The highest BCUT2D eigenvalue weighted by Gasteiger charge is 2.37. The first kappa shape index (κ1) is 11.1. The molecule has 18 heavy (non-hydrogen) atoms. The highest BCUT2D eigenvalue weighted by atomic mass is 16.4. The summed E-state index contributed by atoms with van der Waals surface area (Å²) >= 11 is 0. The molecule has 1 N–H and O–H groups in total. The van der Waals surface area contributed by atoms with Crippen LogP contribution in [0.4, 0.5) is 0 Å². The monoisotopic (exact) mass is 246 g/mol. The number of carboxylic acids is 1. The SMILES string of the molecule is Cc1ccc2nnc(C3CCCC3C(=O)O)n2n1. The van der Waals surface area contributed by atoms with Crippen molar-refractivity contribution < 1.29 is 9.90 Å². The smallest absolute Gasteiger partial charge is 0.307 e. The Labute approximate surface area is 104 Å². The lowest BCUT2D eigenvalue weighted by Crippen LogP contribution is -2.19. The van der Waals surface area contributed by atoms with E-state index >= 15 is 0 Å². The van der Waals surface area contributed by atoms with Crippen LogP contribution in [0.25, 0.3) is 5.65 Å². The summed E-state index contributed by atoms with van der Waals surface area (Å²) in [5.41, 5.74) is 1.54. The predicted octanol–water partition coefficient (Wildman–Crippen LogP) is 1.40. The van der Waals surface area contributed by atoms with Crippen molar-refractivity contribution in [3.63, 3.8) is 0 Å². The zero-order valence-electron chi connectivity index (χ0n) is 10.1. The van der Waals surface area contributed by atoms with Gasteiger partial charge in [-0.1, -0.05) is 6.42 Å². The van der Waals surface area contributed by atoms with Crippen LogP contribution in [0.15, 0.2) is 12.1 Å².